The fourth-order valence-corrected chi connectivity index (χ4v) is 3.61. The molecule has 0 atom stereocenters. The minimum atomic E-state index is 0.990. The lowest BCUT2D eigenvalue weighted by molar-refractivity contribution is 1.26. The Balaban J connectivity index is 2.04. The molecule has 0 aliphatic rings. The van der Waals surface area contributed by atoms with Crippen molar-refractivity contribution in [1.82, 2.24) is 9.38 Å². The number of pyridine rings is 1. The number of imidazole rings is 1. The first-order valence-electron chi connectivity index (χ1n) is 8.42. The number of rotatable bonds is 2. The highest BCUT2D eigenvalue weighted by atomic mass is 15.0. The first kappa shape index (κ1) is 14.0. The molecule has 5 rings (SSSR count). The number of fused-ring (bicyclic) bond motifs is 3. The van der Waals surface area contributed by atoms with E-state index in [0.717, 1.165) is 5.65 Å². The second kappa shape index (κ2) is 5.60. The Morgan fingerprint density at radius 1 is 0.600 bits per heavy atom. The standard InChI is InChI=1S/C23H16N2/c1-3-9-17(10-4-1)21-19-13-7-8-14-20(19)25-16-15-24-23(25)22(21)18-11-5-2-6-12-18/h1-16H. The zero-order valence-corrected chi connectivity index (χ0v) is 13.6. The van der Waals surface area contributed by atoms with E-state index in [-0.39, 0.29) is 0 Å². The number of aromatic nitrogens is 2. The fraction of sp³-hybridized carbons (Fsp3) is 0. The van der Waals surface area contributed by atoms with Crippen LogP contribution in [0.15, 0.2) is 97.3 Å². The molecule has 0 unspecified atom stereocenters. The van der Waals surface area contributed by atoms with Gasteiger partial charge >= 0.3 is 0 Å². The van der Waals surface area contributed by atoms with E-state index >= 15 is 0 Å². The summed E-state index contributed by atoms with van der Waals surface area (Å²) in [6.45, 7) is 0. The molecule has 0 bridgehead atoms. The Bertz CT molecular complexity index is 1170. The summed E-state index contributed by atoms with van der Waals surface area (Å²) in [5.41, 5.74) is 6.97. The molecule has 5 aromatic rings. The Hall–Kier alpha value is -3.39. The van der Waals surface area contributed by atoms with Gasteiger partial charge in [-0.05, 0) is 17.2 Å². The van der Waals surface area contributed by atoms with Crippen molar-refractivity contribution >= 4 is 16.6 Å². The lowest BCUT2D eigenvalue weighted by Crippen LogP contribution is -1.96. The molecule has 2 aromatic heterocycles. The number of para-hydroxylation sites is 1. The minimum Gasteiger partial charge on any atom is -0.299 e. The van der Waals surface area contributed by atoms with Crippen LogP contribution in [0.2, 0.25) is 0 Å². The second-order valence-corrected chi connectivity index (χ2v) is 6.12. The first-order valence-corrected chi connectivity index (χ1v) is 8.42. The quantitative estimate of drug-likeness (QED) is 0.400. The molecule has 0 N–H and O–H groups in total. The summed E-state index contributed by atoms with van der Waals surface area (Å²) < 4.78 is 2.18. The topological polar surface area (TPSA) is 17.3 Å². The third-order valence-corrected chi connectivity index (χ3v) is 4.67. The number of nitrogens with zero attached hydrogens (tertiary/aromatic N) is 2. The Labute approximate surface area is 146 Å². The van der Waals surface area contributed by atoms with Crippen LogP contribution in [0.1, 0.15) is 0 Å². The van der Waals surface area contributed by atoms with E-state index in [4.69, 9.17) is 4.98 Å². The van der Waals surface area contributed by atoms with E-state index in [1.54, 1.807) is 0 Å². The number of benzene rings is 3. The summed E-state index contributed by atoms with van der Waals surface area (Å²) in [6.07, 6.45) is 3.92. The van der Waals surface area contributed by atoms with Crippen LogP contribution in [0.4, 0.5) is 0 Å². The van der Waals surface area contributed by atoms with Gasteiger partial charge in [-0.1, -0.05) is 78.9 Å². The van der Waals surface area contributed by atoms with Gasteiger partial charge in [0, 0.05) is 28.9 Å². The highest BCUT2D eigenvalue weighted by Crippen LogP contribution is 2.40. The molecule has 0 aliphatic heterocycles. The zero-order valence-electron chi connectivity index (χ0n) is 13.6. The summed E-state index contributed by atoms with van der Waals surface area (Å²) in [5, 5.41) is 1.23. The largest absolute Gasteiger partial charge is 0.299 e. The van der Waals surface area contributed by atoms with Crippen molar-refractivity contribution in [2.75, 3.05) is 0 Å². The summed E-state index contributed by atoms with van der Waals surface area (Å²) in [7, 11) is 0. The Kier molecular flexibility index (Phi) is 3.14. The van der Waals surface area contributed by atoms with Gasteiger partial charge in [-0.15, -0.1) is 0 Å². The minimum absolute atomic E-state index is 0.990. The van der Waals surface area contributed by atoms with Crippen LogP contribution in [0.25, 0.3) is 38.8 Å². The van der Waals surface area contributed by atoms with Gasteiger partial charge < -0.3 is 0 Å². The van der Waals surface area contributed by atoms with Crippen LogP contribution in [0.5, 0.6) is 0 Å². The van der Waals surface area contributed by atoms with Crippen LogP contribution in [0.3, 0.4) is 0 Å². The first-order chi connectivity index (χ1) is 12.4. The van der Waals surface area contributed by atoms with Gasteiger partial charge in [0.2, 0.25) is 0 Å². The molecule has 0 saturated carbocycles. The fourth-order valence-electron chi connectivity index (χ4n) is 3.61. The molecule has 25 heavy (non-hydrogen) atoms. The maximum atomic E-state index is 4.69. The predicted octanol–water partition coefficient (Wildman–Crippen LogP) is 5.82. The van der Waals surface area contributed by atoms with Gasteiger partial charge in [-0.25, -0.2) is 4.98 Å². The monoisotopic (exact) mass is 320 g/mol. The second-order valence-electron chi connectivity index (χ2n) is 6.12. The highest BCUT2D eigenvalue weighted by molar-refractivity contribution is 6.07. The summed E-state index contributed by atoms with van der Waals surface area (Å²) >= 11 is 0. The molecule has 0 fully saturated rings. The summed E-state index contributed by atoms with van der Waals surface area (Å²) in [6, 6.07) is 29.7. The third-order valence-electron chi connectivity index (χ3n) is 4.67. The van der Waals surface area contributed by atoms with Crippen LogP contribution in [-0.4, -0.2) is 9.38 Å². The van der Waals surface area contributed by atoms with Gasteiger partial charge in [-0.2, -0.15) is 0 Å². The van der Waals surface area contributed by atoms with E-state index in [9.17, 15) is 0 Å². The van der Waals surface area contributed by atoms with Crippen molar-refractivity contribution in [2.45, 2.75) is 0 Å². The smallest absolute Gasteiger partial charge is 0.145 e. The van der Waals surface area contributed by atoms with E-state index in [1.165, 1.54) is 33.2 Å². The van der Waals surface area contributed by atoms with E-state index in [2.05, 4.69) is 89.3 Å². The SMILES string of the molecule is c1ccc(-c2c(-c3ccccc3)c3nccn3c3ccccc23)cc1. The molecule has 0 aliphatic carbocycles. The average molecular weight is 320 g/mol. The van der Waals surface area contributed by atoms with E-state index in [1.807, 2.05) is 12.4 Å². The van der Waals surface area contributed by atoms with E-state index < -0.39 is 0 Å². The molecule has 0 radical (unpaired) electrons. The van der Waals surface area contributed by atoms with Gasteiger partial charge in [0.15, 0.2) is 0 Å². The van der Waals surface area contributed by atoms with Crippen molar-refractivity contribution in [3.05, 3.63) is 97.3 Å². The lowest BCUT2D eigenvalue weighted by Gasteiger charge is -2.16. The van der Waals surface area contributed by atoms with Crippen LogP contribution < -0.4 is 0 Å². The highest BCUT2D eigenvalue weighted by Gasteiger charge is 2.17. The van der Waals surface area contributed by atoms with Gasteiger partial charge in [0.05, 0.1) is 5.52 Å². The van der Waals surface area contributed by atoms with Crippen molar-refractivity contribution < 1.29 is 0 Å². The van der Waals surface area contributed by atoms with Crippen molar-refractivity contribution in [3.63, 3.8) is 0 Å². The maximum Gasteiger partial charge on any atom is 0.145 e. The molecule has 0 saturated heterocycles. The zero-order chi connectivity index (χ0) is 16.6. The Morgan fingerprint density at radius 3 is 1.92 bits per heavy atom. The van der Waals surface area contributed by atoms with Gasteiger partial charge in [-0.3, -0.25) is 4.40 Å². The normalized spacial score (nSPS) is 11.2. The lowest BCUT2D eigenvalue weighted by atomic mass is 9.92. The molecule has 0 spiro atoms. The summed E-state index contributed by atoms with van der Waals surface area (Å²) in [4.78, 5) is 4.69. The summed E-state index contributed by atoms with van der Waals surface area (Å²) in [5.74, 6) is 0. The Morgan fingerprint density at radius 2 is 1.20 bits per heavy atom. The maximum absolute atomic E-state index is 4.69. The van der Waals surface area contributed by atoms with Crippen molar-refractivity contribution in [2.24, 2.45) is 0 Å². The van der Waals surface area contributed by atoms with Crippen molar-refractivity contribution in [1.29, 1.82) is 0 Å². The van der Waals surface area contributed by atoms with Crippen LogP contribution in [-0.2, 0) is 0 Å². The third kappa shape index (κ3) is 2.15. The van der Waals surface area contributed by atoms with Gasteiger partial charge in [0.25, 0.3) is 0 Å². The van der Waals surface area contributed by atoms with Gasteiger partial charge in [0.1, 0.15) is 5.65 Å². The molecular weight excluding hydrogens is 304 g/mol. The van der Waals surface area contributed by atoms with Crippen molar-refractivity contribution in [3.8, 4) is 22.3 Å². The molecule has 3 aromatic carbocycles. The predicted molar refractivity (Wildman–Crippen MR) is 104 cm³/mol. The van der Waals surface area contributed by atoms with E-state index in [0.29, 0.717) is 0 Å². The molecule has 2 heteroatoms. The van der Waals surface area contributed by atoms with Crippen LogP contribution in [0, 0.1) is 0 Å². The molecule has 118 valence electrons. The number of hydrogen-bond acceptors (Lipinski definition) is 1. The molecule has 2 heterocycles. The number of hydrogen-bond donors (Lipinski definition) is 0. The average Bonchev–Trinajstić information content (AvgIpc) is 3.18. The molecule has 0 amide bonds. The molecule has 2 nitrogen and oxygen atoms in total. The van der Waals surface area contributed by atoms with Crippen LogP contribution >= 0.6 is 0 Å². The molecular formula is C23H16N2.